The van der Waals surface area contributed by atoms with Crippen LogP contribution in [0.4, 0.5) is 26.1 Å². The average molecular weight is 393 g/mol. The van der Waals surface area contributed by atoms with Gasteiger partial charge in [0.1, 0.15) is 18.0 Å². The van der Waals surface area contributed by atoms with E-state index < -0.39 is 11.6 Å². The first-order chi connectivity index (χ1) is 14.0. The van der Waals surface area contributed by atoms with Crippen molar-refractivity contribution in [3.63, 3.8) is 0 Å². The molecule has 0 atom stereocenters. The Morgan fingerprint density at radius 3 is 2.79 bits per heavy atom. The lowest BCUT2D eigenvalue weighted by Gasteiger charge is -2.15. The smallest absolute Gasteiger partial charge is 0.168 e. The summed E-state index contributed by atoms with van der Waals surface area (Å²) in [7, 11) is 0. The minimum absolute atomic E-state index is 0.184. The van der Waals surface area contributed by atoms with Gasteiger partial charge in [-0.15, -0.1) is 0 Å². The monoisotopic (exact) mass is 393 g/mol. The van der Waals surface area contributed by atoms with Crippen LogP contribution in [0.5, 0.6) is 0 Å². The average Bonchev–Trinajstić information content (AvgIpc) is 3.19. The molecule has 0 aliphatic heterocycles. The number of imidazole rings is 1. The molecule has 1 aromatic carbocycles. The Morgan fingerprint density at radius 2 is 2.03 bits per heavy atom. The van der Waals surface area contributed by atoms with E-state index in [0.29, 0.717) is 28.7 Å². The number of pyridine rings is 2. The van der Waals surface area contributed by atoms with Crippen molar-refractivity contribution in [2.24, 2.45) is 0 Å². The molecule has 0 saturated carbocycles. The van der Waals surface area contributed by atoms with Crippen LogP contribution in [0, 0.1) is 18.6 Å². The number of aldehydes is 1. The number of aryl methyl sites for hydroxylation is 1. The standard InChI is InChI=1S/C21H17F2N5O/c1-12-2-3-17(16(22)6-12)27-21-15(10-29)8-14(18-9-25-11-28(18)21)7-13-4-5-26-20(24)19(13)23/h2-6,8-11,27H,7H2,1H3,(H2,24,26). The summed E-state index contributed by atoms with van der Waals surface area (Å²) in [5.74, 6) is -0.847. The lowest BCUT2D eigenvalue weighted by Crippen LogP contribution is -2.07. The van der Waals surface area contributed by atoms with Crippen LogP contribution in [0.25, 0.3) is 5.52 Å². The molecule has 4 aromatic rings. The molecule has 0 spiro atoms. The van der Waals surface area contributed by atoms with E-state index in [1.165, 1.54) is 24.7 Å². The third-order valence-corrected chi connectivity index (χ3v) is 4.69. The molecule has 0 fully saturated rings. The van der Waals surface area contributed by atoms with Gasteiger partial charge in [0.05, 0.1) is 23.0 Å². The van der Waals surface area contributed by atoms with Crippen LogP contribution in [0.1, 0.15) is 27.0 Å². The Hall–Kier alpha value is -3.81. The van der Waals surface area contributed by atoms with Gasteiger partial charge in [0, 0.05) is 12.6 Å². The quantitative estimate of drug-likeness (QED) is 0.500. The minimum atomic E-state index is -0.596. The minimum Gasteiger partial charge on any atom is -0.381 e. The first-order valence-corrected chi connectivity index (χ1v) is 8.83. The molecule has 0 saturated heterocycles. The molecule has 146 valence electrons. The van der Waals surface area contributed by atoms with Crippen molar-refractivity contribution in [3.8, 4) is 0 Å². The summed E-state index contributed by atoms with van der Waals surface area (Å²) < 4.78 is 30.3. The number of nitrogens with one attached hydrogen (secondary N) is 1. The molecular weight excluding hydrogens is 376 g/mol. The Balaban J connectivity index is 1.82. The number of nitrogen functional groups attached to an aromatic ring is 1. The fourth-order valence-electron chi connectivity index (χ4n) is 3.24. The third kappa shape index (κ3) is 3.40. The van der Waals surface area contributed by atoms with Gasteiger partial charge in [-0.1, -0.05) is 6.07 Å². The first-order valence-electron chi connectivity index (χ1n) is 8.83. The van der Waals surface area contributed by atoms with Crippen molar-refractivity contribution in [2.75, 3.05) is 11.1 Å². The van der Waals surface area contributed by atoms with Crippen LogP contribution in [0.3, 0.4) is 0 Å². The van der Waals surface area contributed by atoms with Crippen molar-refractivity contribution < 1.29 is 13.6 Å². The fourth-order valence-corrected chi connectivity index (χ4v) is 3.24. The number of hydrogen-bond acceptors (Lipinski definition) is 5. The molecule has 29 heavy (non-hydrogen) atoms. The number of aromatic nitrogens is 3. The van der Waals surface area contributed by atoms with E-state index in [-0.39, 0.29) is 23.5 Å². The van der Waals surface area contributed by atoms with Crippen molar-refractivity contribution in [1.82, 2.24) is 14.4 Å². The predicted molar refractivity (Wildman–Crippen MR) is 106 cm³/mol. The number of hydrogen-bond donors (Lipinski definition) is 2. The highest BCUT2D eigenvalue weighted by Crippen LogP contribution is 2.28. The van der Waals surface area contributed by atoms with E-state index in [1.807, 2.05) is 0 Å². The van der Waals surface area contributed by atoms with Crippen LogP contribution in [-0.2, 0) is 6.42 Å². The fraction of sp³-hybridized carbons (Fsp3) is 0.0952. The molecular formula is C21H17F2N5O. The number of benzene rings is 1. The zero-order valence-electron chi connectivity index (χ0n) is 15.5. The van der Waals surface area contributed by atoms with Crippen LogP contribution >= 0.6 is 0 Å². The molecule has 3 N–H and O–H groups in total. The lowest BCUT2D eigenvalue weighted by atomic mass is 10.0. The van der Waals surface area contributed by atoms with E-state index in [0.717, 1.165) is 5.56 Å². The van der Waals surface area contributed by atoms with Crippen LogP contribution in [0.15, 0.2) is 49.1 Å². The summed E-state index contributed by atoms with van der Waals surface area (Å²) in [6, 6.07) is 7.94. The van der Waals surface area contributed by atoms with Crippen molar-refractivity contribution in [3.05, 3.63) is 82.9 Å². The van der Waals surface area contributed by atoms with Gasteiger partial charge in [-0.3, -0.25) is 9.20 Å². The number of nitrogens with zero attached hydrogens (tertiary/aromatic N) is 3. The highest BCUT2D eigenvalue weighted by atomic mass is 19.1. The van der Waals surface area contributed by atoms with Gasteiger partial charge in [0.2, 0.25) is 0 Å². The zero-order chi connectivity index (χ0) is 20.5. The molecule has 0 bridgehead atoms. The van der Waals surface area contributed by atoms with E-state index in [4.69, 9.17) is 5.73 Å². The molecule has 6 nitrogen and oxygen atoms in total. The Morgan fingerprint density at radius 1 is 1.21 bits per heavy atom. The molecule has 3 heterocycles. The highest BCUT2D eigenvalue weighted by Gasteiger charge is 2.16. The second-order valence-electron chi connectivity index (χ2n) is 6.69. The molecule has 8 heteroatoms. The predicted octanol–water partition coefficient (Wildman–Crippen LogP) is 4.05. The Kier molecular flexibility index (Phi) is 4.67. The lowest BCUT2D eigenvalue weighted by molar-refractivity contribution is 0.112. The summed E-state index contributed by atoms with van der Waals surface area (Å²) >= 11 is 0. The molecule has 0 aliphatic carbocycles. The van der Waals surface area contributed by atoms with Gasteiger partial charge < -0.3 is 11.1 Å². The maximum absolute atomic E-state index is 14.3. The second kappa shape index (κ2) is 7.31. The van der Waals surface area contributed by atoms with Crippen LogP contribution in [-0.4, -0.2) is 20.7 Å². The zero-order valence-corrected chi connectivity index (χ0v) is 15.5. The second-order valence-corrected chi connectivity index (χ2v) is 6.69. The molecule has 0 amide bonds. The van der Waals surface area contributed by atoms with Crippen molar-refractivity contribution in [1.29, 1.82) is 0 Å². The molecule has 0 unspecified atom stereocenters. The van der Waals surface area contributed by atoms with E-state index >= 15 is 0 Å². The molecule has 4 rings (SSSR count). The summed E-state index contributed by atoms with van der Waals surface area (Å²) in [6.45, 7) is 1.79. The summed E-state index contributed by atoms with van der Waals surface area (Å²) in [5, 5.41) is 2.97. The maximum Gasteiger partial charge on any atom is 0.168 e. The number of nitrogens with two attached hydrogens (primary N) is 1. The number of fused-ring (bicyclic) bond motifs is 1. The van der Waals surface area contributed by atoms with E-state index in [1.54, 1.807) is 35.7 Å². The molecule has 0 aliphatic rings. The number of halogens is 2. The Bertz CT molecular complexity index is 1240. The Labute approximate surface area is 165 Å². The highest BCUT2D eigenvalue weighted by molar-refractivity contribution is 5.87. The maximum atomic E-state index is 14.3. The van der Waals surface area contributed by atoms with Crippen molar-refractivity contribution >= 4 is 29.1 Å². The van der Waals surface area contributed by atoms with Gasteiger partial charge in [-0.2, -0.15) is 0 Å². The first kappa shape index (κ1) is 18.5. The number of carbonyl (C=O) groups is 1. The summed E-state index contributed by atoms with van der Waals surface area (Å²) in [4.78, 5) is 19.6. The van der Waals surface area contributed by atoms with E-state index in [2.05, 4.69) is 15.3 Å². The number of anilines is 3. The summed E-state index contributed by atoms with van der Waals surface area (Å²) in [6.07, 6.45) is 5.39. The largest absolute Gasteiger partial charge is 0.381 e. The van der Waals surface area contributed by atoms with Gasteiger partial charge in [0.15, 0.2) is 17.9 Å². The van der Waals surface area contributed by atoms with Crippen molar-refractivity contribution in [2.45, 2.75) is 13.3 Å². The van der Waals surface area contributed by atoms with Gasteiger partial charge in [-0.25, -0.2) is 18.7 Å². The molecule has 0 radical (unpaired) electrons. The van der Waals surface area contributed by atoms with Crippen LogP contribution < -0.4 is 11.1 Å². The van der Waals surface area contributed by atoms with Crippen LogP contribution in [0.2, 0.25) is 0 Å². The number of carbonyl (C=O) groups excluding carboxylic acids is 1. The normalized spacial score (nSPS) is 11.0. The van der Waals surface area contributed by atoms with Gasteiger partial charge in [-0.05, 0) is 47.9 Å². The van der Waals surface area contributed by atoms with Gasteiger partial charge in [0.25, 0.3) is 0 Å². The topological polar surface area (TPSA) is 85.3 Å². The van der Waals surface area contributed by atoms with E-state index in [9.17, 15) is 13.6 Å². The van der Waals surface area contributed by atoms with Gasteiger partial charge >= 0.3 is 0 Å². The SMILES string of the molecule is Cc1ccc(Nc2c(C=O)cc(Cc3ccnc(N)c3F)c3cncn23)c(F)c1. The molecule has 3 aromatic heterocycles. The third-order valence-electron chi connectivity index (χ3n) is 4.69. The number of rotatable bonds is 5. The summed E-state index contributed by atoms with van der Waals surface area (Å²) in [5.41, 5.74) is 8.52.